The van der Waals surface area contributed by atoms with Crippen molar-refractivity contribution in [1.82, 2.24) is 10.2 Å². The van der Waals surface area contributed by atoms with Gasteiger partial charge in [0.05, 0.1) is 18.8 Å². The van der Waals surface area contributed by atoms with E-state index in [-0.39, 0.29) is 30.0 Å². The molecule has 3 rings (SSSR count). The normalized spacial score (nSPS) is 18.3. The number of rotatable bonds is 8. The third-order valence-corrected chi connectivity index (χ3v) is 6.80. The second-order valence-electron chi connectivity index (χ2n) is 10.4. The van der Waals surface area contributed by atoms with Gasteiger partial charge in [-0.05, 0) is 62.0 Å². The summed E-state index contributed by atoms with van der Waals surface area (Å²) in [7, 11) is 0. The summed E-state index contributed by atoms with van der Waals surface area (Å²) in [5, 5.41) is 11.2. The number of aliphatic hydroxyl groups excluding tert-OH is 1. The molecule has 0 bridgehead atoms. The van der Waals surface area contributed by atoms with Crippen molar-refractivity contribution in [1.29, 1.82) is 0 Å². The van der Waals surface area contributed by atoms with Gasteiger partial charge in [0.25, 0.3) is 5.91 Å². The van der Waals surface area contributed by atoms with Crippen molar-refractivity contribution in [2.45, 2.75) is 59.3 Å². The number of likely N-dealkylation sites (tertiary alicyclic amines) is 1. The van der Waals surface area contributed by atoms with Gasteiger partial charge in [-0.3, -0.25) is 9.59 Å². The number of nitrogens with zero attached hydrogens (tertiary/aromatic N) is 1. The lowest BCUT2D eigenvalue weighted by molar-refractivity contribution is -0.143. The van der Waals surface area contributed by atoms with E-state index in [1.54, 1.807) is 6.07 Å². The van der Waals surface area contributed by atoms with Crippen LogP contribution in [0.5, 0.6) is 5.75 Å². The molecule has 1 spiro atoms. The molecule has 178 valence electrons. The minimum absolute atomic E-state index is 0.0548. The number of nitrogens with one attached hydrogen (secondary N) is 1. The van der Waals surface area contributed by atoms with E-state index in [0.717, 1.165) is 38.8 Å². The number of halogens is 1. The minimum Gasteiger partial charge on any atom is -0.493 e. The van der Waals surface area contributed by atoms with Crippen molar-refractivity contribution in [3.8, 4) is 5.75 Å². The Morgan fingerprint density at radius 3 is 2.53 bits per heavy atom. The van der Waals surface area contributed by atoms with E-state index in [1.165, 1.54) is 25.0 Å². The fourth-order valence-corrected chi connectivity index (χ4v) is 5.03. The maximum Gasteiger partial charge on any atom is 0.254 e. The van der Waals surface area contributed by atoms with Crippen LogP contribution in [0, 0.1) is 22.6 Å². The first-order chi connectivity index (χ1) is 15.1. The molecule has 1 aromatic carbocycles. The second kappa shape index (κ2) is 10.2. The molecule has 32 heavy (non-hydrogen) atoms. The monoisotopic (exact) mass is 448 g/mol. The lowest BCUT2D eigenvalue weighted by atomic mass is 9.56. The molecule has 2 N–H and O–H groups in total. The molecule has 0 unspecified atom stereocenters. The summed E-state index contributed by atoms with van der Waals surface area (Å²) >= 11 is 0. The van der Waals surface area contributed by atoms with Crippen LogP contribution >= 0.6 is 0 Å². The summed E-state index contributed by atoms with van der Waals surface area (Å²) in [6.45, 7) is 8.14. The van der Waals surface area contributed by atoms with Crippen LogP contribution in [0.1, 0.15) is 69.7 Å². The molecule has 1 saturated heterocycles. The summed E-state index contributed by atoms with van der Waals surface area (Å²) < 4.78 is 19.8. The molecule has 6 nitrogen and oxygen atoms in total. The van der Waals surface area contributed by atoms with E-state index in [4.69, 9.17) is 9.84 Å². The minimum atomic E-state index is -0.629. The predicted molar refractivity (Wildman–Crippen MR) is 121 cm³/mol. The first-order valence-electron chi connectivity index (χ1n) is 11.7. The third-order valence-electron chi connectivity index (χ3n) is 6.80. The Bertz CT molecular complexity index is 805. The topological polar surface area (TPSA) is 78.9 Å². The highest BCUT2D eigenvalue weighted by Gasteiger charge is 2.46. The standard InChI is InChI=1S/C25H37FN2O4/c1-24(2,3)23(31)28-11-8-25(9-12-28)16-18(17-25)5-4-14-32-19-6-7-20(21(26)15-19)22(30)27-10-13-29/h6-7,15,18,29H,4-5,8-14,16-17H2,1-3H3,(H,27,30). The molecule has 1 saturated carbocycles. The zero-order valence-electron chi connectivity index (χ0n) is 19.6. The van der Waals surface area contributed by atoms with E-state index >= 15 is 0 Å². The highest BCUT2D eigenvalue weighted by Crippen LogP contribution is 2.54. The molecule has 2 aliphatic rings. The summed E-state index contributed by atoms with van der Waals surface area (Å²) in [5.74, 6) is 0.210. The SMILES string of the molecule is CC(C)(C)C(=O)N1CCC2(CC1)CC(CCCOc1ccc(C(=O)NCCO)c(F)c1)C2. The van der Waals surface area contributed by atoms with Crippen LogP contribution in [-0.2, 0) is 4.79 Å². The third kappa shape index (κ3) is 6.00. The second-order valence-corrected chi connectivity index (χ2v) is 10.4. The van der Waals surface area contributed by atoms with Gasteiger partial charge in [-0.2, -0.15) is 0 Å². The molecule has 7 heteroatoms. The van der Waals surface area contributed by atoms with Crippen LogP contribution in [0.2, 0.25) is 0 Å². The number of carbonyl (C=O) groups excluding carboxylic acids is 2. The Balaban J connectivity index is 1.34. The van der Waals surface area contributed by atoms with Crippen molar-refractivity contribution in [2.75, 3.05) is 32.8 Å². The molecule has 1 heterocycles. The molecule has 1 aromatic rings. The lowest BCUT2D eigenvalue weighted by Gasteiger charge is -2.53. The zero-order valence-corrected chi connectivity index (χ0v) is 19.6. The van der Waals surface area contributed by atoms with Gasteiger partial charge in [0.1, 0.15) is 11.6 Å². The molecular weight excluding hydrogens is 411 g/mol. The summed E-state index contributed by atoms with van der Waals surface area (Å²) in [4.78, 5) is 26.3. The number of aliphatic hydroxyl groups is 1. The Morgan fingerprint density at radius 1 is 1.25 bits per heavy atom. The van der Waals surface area contributed by atoms with Crippen molar-refractivity contribution in [2.24, 2.45) is 16.7 Å². The van der Waals surface area contributed by atoms with Crippen molar-refractivity contribution in [3.63, 3.8) is 0 Å². The number of hydrogen-bond acceptors (Lipinski definition) is 4. The maximum atomic E-state index is 14.1. The quantitative estimate of drug-likeness (QED) is 0.594. The Morgan fingerprint density at radius 2 is 1.94 bits per heavy atom. The number of piperidine rings is 1. The average Bonchev–Trinajstić information content (AvgIpc) is 2.73. The largest absolute Gasteiger partial charge is 0.493 e. The Kier molecular flexibility index (Phi) is 7.80. The predicted octanol–water partition coefficient (Wildman–Crippen LogP) is 3.77. The van der Waals surface area contributed by atoms with Gasteiger partial charge in [-0.15, -0.1) is 0 Å². The Labute approximate surface area is 190 Å². The molecule has 1 aliphatic heterocycles. The van der Waals surface area contributed by atoms with Gasteiger partial charge in [0, 0.05) is 31.1 Å². The molecule has 1 aliphatic carbocycles. The van der Waals surface area contributed by atoms with Gasteiger partial charge in [0.2, 0.25) is 5.91 Å². The number of hydrogen-bond donors (Lipinski definition) is 2. The van der Waals surface area contributed by atoms with Crippen LogP contribution in [0.4, 0.5) is 4.39 Å². The summed E-state index contributed by atoms with van der Waals surface area (Å²) in [5.41, 5.74) is 0.0682. The maximum absolute atomic E-state index is 14.1. The number of amides is 2. The molecule has 2 amide bonds. The molecule has 0 radical (unpaired) electrons. The van der Waals surface area contributed by atoms with E-state index in [0.29, 0.717) is 23.7 Å². The van der Waals surface area contributed by atoms with Crippen LogP contribution in [0.15, 0.2) is 18.2 Å². The first-order valence-corrected chi connectivity index (χ1v) is 11.7. The van der Waals surface area contributed by atoms with E-state index < -0.39 is 11.7 Å². The fraction of sp³-hybridized carbons (Fsp3) is 0.680. The summed E-state index contributed by atoms with van der Waals surface area (Å²) in [6, 6.07) is 4.24. The molecule has 0 atom stereocenters. The van der Waals surface area contributed by atoms with Gasteiger partial charge >= 0.3 is 0 Å². The highest BCUT2D eigenvalue weighted by atomic mass is 19.1. The van der Waals surface area contributed by atoms with Gasteiger partial charge in [-0.25, -0.2) is 4.39 Å². The van der Waals surface area contributed by atoms with Gasteiger partial charge in [0.15, 0.2) is 0 Å². The van der Waals surface area contributed by atoms with Crippen LogP contribution in [0.25, 0.3) is 0 Å². The number of ether oxygens (including phenoxy) is 1. The summed E-state index contributed by atoms with van der Waals surface area (Å²) in [6.07, 6.45) is 6.69. The first kappa shape index (κ1) is 24.5. The van der Waals surface area contributed by atoms with Gasteiger partial charge < -0.3 is 20.1 Å². The highest BCUT2D eigenvalue weighted by molar-refractivity contribution is 5.94. The number of carbonyl (C=O) groups is 2. The molecular formula is C25H37FN2O4. The zero-order chi connectivity index (χ0) is 23.4. The van der Waals surface area contributed by atoms with Gasteiger partial charge in [-0.1, -0.05) is 20.8 Å². The van der Waals surface area contributed by atoms with Crippen molar-refractivity contribution < 1.29 is 23.8 Å². The van der Waals surface area contributed by atoms with Crippen LogP contribution in [0.3, 0.4) is 0 Å². The Hall–Kier alpha value is -2.15. The van der Waals surface area contributed by atoms with E-state index in [2.05, 4.69) is 5.32 Å². The average molecular weight is 449 g/mol. The van der Waals surface area contributed by atoms with Crippen LogP contribution in [-0.4, -0.2) is 54.7 Å². The van der Waals surface area contributed by atoms with E-state index in [9.17, 15) is 14.0 Å². The van der Waals surface area contributed by atoms with Crippen molar-refractivity contribution in [3.05, 3.63) is 29.6 Å². The van der Waals surface area contributed by atoms with Crippen molar-refractivity contribution >= 4 is 11.8 Å². The molecule has 2 fully saturated rings. The van der Waals surface area contributed by atoms with E-state index in [1.807, 2.05) is 25.7 Å². The lowest BCUT2D eigenvalue weighted by Crippen LogP contribution is -2.51. The number of benzene rings is 1. The fourth-order valence-electron chi connectivity index (χ4n) is 5.03. The molecule has 0 aromatic heterocycles. The van der Waals surface area contributed by atoms with Crippen LogP contribution < -0.4 is 10.1 Å². The smallest absolute Gasteiger partial charge is 0.254 e.